The Kier molecular flexibility index (Phi) is 3.36. The van der Waals surface area contributed by atoms with E-state index in [9.17, 15) is 4.79 Å². The number of aromatic nitrogens is 1. The summed E-state index contributed by atoms with van der Waals surface area (Å²) in [5.41, 5.74) is 2.30. The molecule has 0 radical (unpaired) electrons. The van der Waals surface area contributed by atoms with Gasteiger partial charge < -0.3 is 15.4 Å². The Morgan fingerprint density at radius 1 is 1.32 bits per heavy atom. The molecule has 100 valence electrons. The molecular weight excluding hydrogens is 240 g/mol. The maximum Gasteiger partial charge on any atom is 0.256 e. The summed E-state index contributed by atoms with van der Waals surface area (Å²) in [6.07, 6.45) is 2.67. The van der Waals surface area contributed by atoms with Crippen LogP contribution >= 0.6 is 0 Å². The second-order valence-electron chi connectivity index (χ2n) is 5.01. The molecule has 0 aliphatic heterocycles. The molecule has 4 nitrogen and oxygen atoms in total. The number of hydrogen-bond acceptors (Lipinski definition) is 3. The molecule has 2 aromatic rings. The average Bonchev–Trinajstić information content (AvgIpc) is 2.83. The van der Waals surface area contributed by atoms with Crippen LogP contribution in [-0.2, 0) is 6.42 Å². The van der Waals surface area contributed by atoms with E-state index >= 15 is 0 Å². The van der Waals surface area contributed by atoms with Crippen molar-refractivity contribution in [2.75, 3.05) is 13.2 Å². The number of benzene rings is 1. The van der Waals surface area contributed by atoms with Crippen LogP contribution in [0.1, 0.15) is 30.1 Å². The van der Waals surface area contributed by atoms with Crippen LogP contribution in [0.4, 0.5) is 0 Å². The van der Waals surface area contributed by atoms with Crippen molar-refractivity contribution in [2.45, 2.75) is 25.3 Å². The summed E-state index contributed by atoms with van der Waals surface area (Å²) in [5.74, 6) is 0. The molecule has 0 bridgehead atoms. The molecule has 1 aliphatic carbocycles. The molecule has 1 heterocycles. The molecule has 4 heteroatoms. The van der Waals surface area contributed by atoms with Gasteiger partial charge in [-0.1, -0.05) is 18.2 Å². The third-order valence-electron chi connectivity index (χ3n) is 3.81. The first-order valence-electron chi connectivity index (χ1n) is 6.79. The van der Waals surface area contributed by atoms with Gasteiger partial charge >= 0.3 is 0 Å². The van der Waals surface area contributed by atoms with Crippen molar-refractivity contribution >= 4 is 10.8 Å². The van der Waals surface area contributed by atoms with E-state index in [4.69, 9.17) is 5.11 Å². The van der Waals surface area contributed by atoms with Gasteiger partial charge in [0.15, 0.2) is 0 Å². The van der Waals surface area contributed by atoms with Crippen molar-refractivity contribution in [2.24, 2.45) is 0 Å². The van der Waals surface area contributed by atoms with Crippen LogP contribution < -0.4 is 10.9 Å². The molecule has 1 aromatic carbocycles. The van der Waals surface area contributed by atoms with Crippen LogP contribution in [0.25, 0.3) is 10.8 Å². The van der Waals surface area contributed by atoms with Crippen LogP contribution in [-0.4, -0.2) is 23.2 Å². The number of rotatable bonds is 4. The second kappa shape index (κ2) is 5.15. The molecule has 0 amide bonds. The highest BCUT2D eigenvalue weighted by atomic mass is 16.3. The summed E-state index contributed by atoms with van der Waals surface area (Å²) in [7, 11) is 0. The number of aliphatic hydroxyl groups excluding tert-OH is 1. The largest absolute Gasteiger partial charge is 0.396 e. The van der Waals surface area contributed by atoms with E-state index in [-0.39, 0.29) is 18.2 Å². The Balaban J connectivity index is 2.04. The summed E-state index contributed by atoms with van der Waals surface area (Å²) in [5, 5.41) is 14.1. The fourth-order valence-electron chi connectivity index (χ4n) is 2.94. The zero-order valence-electron chi connectivity index (χ0n) is 10.8. The highest BCUT2D eigenvalue weighted by Crippen LogP contribution is 2.33. The van der Waals surface area contributed by atoms with Crippen molar-refractivity contribution in [3.8, 4) is 0 Å². The lowest BCUT2D eigenvalue weighted by Gasteiger charge is -2.15. The number of fused-ring (bicyclic) bond motifs is 3. The van der Waals surface area contributed by atoms with Gasteiger partial charge in [0.25, 0.3) is 5.56 Å². The highest BCUT2D eigenvalue weighted by Gasteiger charge is 2.25. The van der Waals surface area contributed by atoms with E-state index in [1.165, 1.54) is 5.56 Å². The Morgan fingerprint density at radius 2 is 2.11 bits per heavy atom. The summed E-state index contributed by atoms with van der Waals surface area (Å²) >= 11 is 0. The molecule has 0 saturated carbocycles. The van der Waals surface area contributed by atoms with E-state index in [1.807, 2.05) is 24.3 Å². The van der Waals surface area contributed by atoms with Gasteiger partial charge in [-0.15, -0.1) is 0 Å². The first-order chi connectivity index (χ1) is 9.31. The van der Waals surface area contributed by atoms with Crippen LogP contribution in [0.5, 0.6) is 0 Å². The van der Waals surface area contributed by atoms with Gasteiger partial charge in [0.05, 0.1) is 0 Å². The fourth-order valence-corrected chi connectivity index (χ4v) is 2.94. The Bertz CT molecular complexity index is 648. The lowest BCUT2D eigenvalue weighted by molar-refractivity contribution is 0.283. The first-order valence-corrected chi connectivity index (χ1v) is 6.79. The first kappa shape index (κ1) is 12.4. The monoisotopic (exact) mass is 258 g/mol. The number of pyridine rings is 1. The number of nitrogens with one attached hydrogen (secondary N) is 2. The van der Waals surface area contributed by atoms with Gasteiger partial charge in [-0.25, -0.2) is 0 Å². The van der Waals surface area contributed by atoms with Gasteiger partial charge in [-0.2, -0.15) is 0 Å². The quantitative estimate of drug-likeness (QED) is 0.728. The van der Waals surface area contributed by atoms with Crippen molar-refractivity contribution in [3.05, 3.63) is 45.9 Å². The molecular formula is C15H18N2O2. The van der Waals surface area contributed by atoms with Crippen molar-refractivity contribution in [1.82, 2.24) is 10.3 Å². The zero-order valence-corrected chi connectivity index (χ0v) is 10.8. The van der Waals surface area contributed by atoms with E-state index in [0.29, 0.717) is 0 Å². The average molecular weight is 258 g/mol. The third kappa shape index (κ3) is 2.17. The summed E-state index contributed by atoms with van der Waals surface area (Å²) in [4.78, 5) is 15.0. The minimum atomic E-state index is 0.00496. The molecule has 0 spiro atoms. The number of hydrogen-bond donors (Lipinski definition) is 3. The number of aryl methyl sites for hydroxylation is 1. The van der Waals surface area contributed by atoms with Gasteiger partial charge in [0, 0.05) is 23.7 Å². The van der Waals surface area contributed by atoms with Gasteiger partial charge in [-0.3, -0.25) is 4.79 Å². The molecule has 19 heavy (non-hydrogen) atoms. The molecule has 1 atom stereocenters. The maximum atomic E-state index is 12.0. The lowest BCUT2D eigenvalue weighted by atomic mass is 10.0. The minimum absolute atomic E-state index is 0.00496. The normalized spacial score (nSPS) is 17.8. The van der Waals surface area contributed by atoms with E-state index < -0.39 is 0 Å². The van der Waals surface area contributed by atoms with Crippen LogP contribution in [0, 0.1) is 0 Å². The van der Waals surface area contributed by atoms with Gasteiger partial charge in [0.1, 0.15) is 0 Å². The third-order valence-corrected chi connectivity index (χ3v) is 3.81. The molecule has 0 saturated heterocycles. The molecule has 1 aromatic heterocycles. The molecule has 3 N–H and O–H groups in total. The van der Waals surface area contributed by atoms with Crippen molar-refractivity contribution in [3.63, 3.8) is 0 Å². The highest BCUT2D eigenvalue weighted by molar-refractivity contribution is 5.86. The zero-order chi connectivity index (χ0) is 13.2. The number of aliphatic hydroxyl groups is 1. The molecule has 0 fully saturated rings. The molecule has 0 unspecified atom stereocenters. The van der Waals surface area contributed by atoms with Crippen LogP contribution in [0.2, 0.25) is 0 Å². The van der Waals surface area contributed by atoms with E-state index in [2.05, 4.69) is 10.3 Å². The minimum Gasteiger partial charge on any atom is -0.396 e. The molecule has 1 aliphatic rings. The van der Waals surface area contributed by atoms with Crippen molar-refractivity contribution < 1.29 is 5.11 Å². The van der Waals surface area contributed by atoms with Gasteiger partial charge in [0.2, 0.25) is 0 Å². The topological polar surface area (TPSA) is 65.1 Å². The predicted molar refractivity (Wildman–Crippen MR) is 75.3 cm³/mol. The fraction of sp³-hybridized carbons (Fsp3) is 0.400. The van der Waals surface area contributed by atoms with Crippen LogP contribution in [0.15, 0.2) is 29.1 Å². The van der Waals surface area contributed by atoms with Gasteiger partial charge in [-0.05, 0) is 42.8 Å². The summed E-state index contributed by atoms with van der Waals surface area (Å²) in [6.45, 7) is 1.01. The smallest absolute Gasteiger partial charge is 0.256 e. The van der Waals surface area contributed by atoms with Crippen LogP contribution in [0.3, 0.4) is 0 Å². The lowest BCUT2D eigenvalue weighted by Crippen LogP contribution is -2.22. The Labute approximate surface area is 111 Å². The second-order valence-corrected chi connectivity index (χ2v) is 5.01. The maximum absolute atomic E-state index is 12.0. The summed E-state index contributed by atoms with van der Waals surface area (Å²) < 4.78 is 0. The van der Waals surface area contributed by atoms with E-state index in [0.717, 1.165) is 42.3 Å². The number of aromatic amines is 1. The SMILES string of the molecule is O=c1[nH]c2c(c3ccccc13)[C@H](NCCCO)CC2. The Hall–Kier alpha value is -1.65. The predicted octanol–water partition coefficient (Wildman–Crippen LogP) is 1.49. The van der Waals surface area contributed by atoms with E-state index in [1.54, 1.807) is 0 Å². The standard InChI is InChI=1S/C15H18N2O2/c18-9-3-8-16-12-6-7-13-14(12)10-4-1-2-5-11(10)15(19)17-13/h1-2,4-5,12,16,18H,3,6-9H2,(H,17,19)/t12-/m1/s1. The Morgan fingerprint density at radius 3 is 2.89 bits per heavy atom. The molecule has 3 rings (SSSR count). The number of H-pyrrole nitrogens is 1. The van der Waals surface area contributed by atoms with Crippen molar-refractivity contribution in [1.29, 1.82) is 0 Å². The summed E-state index contributed by atoms with van der Waals surface area (Å²) in [6, 6.07) is 8.05.